The summed E-state index contributed by atoms with van der Waals surface area (Å²) in [6, 6.07) is 15.3. The first-order chi connectivity index (χ1) is 13.3. The summed E-state index contributed by atoms with van der Waals surface area (Å²) in [5, 5.41) is 0.958. The van der Waals surface area contributed by atoms with Gasteiger partial charge in [0.1, 0.15) is 0 Å². The molecule has 0 radical (unpaired) electrons. The van der Waals surface area contributed by atoms with Crippen LogP contribution in [0.25, 0.3) is 0 Å². The standard InChI is InChI=1S/C26H29OP/c1-16-10-18(3)23(19(4)11-16)14-22-8-7-9-26(28-27)25(22)15-24-20(5)12-17(2)13-21(24)6/h7-13H,14-15H2,1-6H3/p+1. The zero-order chi connectivity index (χ0) is 20.4. The summed E-state index contributed by atoms with van der Waals surface area (Å²) in [4.78, 5) is 0. The van der Waals surface area contributed by atoms with Crippen molar-refractivity contribution in [3.05, 3.63) is 98.1 Å². The van der Waals surface area contributed by atoms with Crippen molar-refractivity contribution in [2.75, 3.05) is 0 Å². The summed E-state index contributed by atoms with van der Waals surface area (Å²) < 4.78 is 12.0. The van der Waals surface area contributed by atoms with Crippen molar-refractivity contribution in [3.8, 4) is 0 Å². The Balaban J connectivity index is 2.09. The number of hydrogen-bond acceptors (Lipinski definition) is 1. The molecule has 0 aliphatic rings. The molecule has 3 aromatic carbocycles. The topological polar surface area (TPSA) is 17.1 Å². The first kappa shape index (κ1) is 20.5. The molecule has 3 rings (SSSR count). The molecule has 0 bridgehead atoms. The van der Waals surface area contributed by atoms with Crippen molar-refractivity contribution >= 4 is 13.8 Å². The molecular formula is C26H30OP+. The molecule has 1 atom stereocenters. The smallest absolute Gasteiger partial charge is 0.0707 e. The van der Waals surface area contributed by atoms with E-state index in [1.165, 1.54) is 55.6 Å². The summed E-state index contributed by atoms with van der Waals surface area (Å²) >= 11 is 0. The molecular weight excluding hydrogens is 359 g/mol. The minimum atomic E-state index is -0.429. The van der Waals surface area contributed by atoms with Crippen molar-refractivity contribution in [1.29, 1.82) is 0 Å². The lowest BCUT2D eigenvalue weighted by atomic mass is 9.88. The van der Waals surface area contributed by atoms with E-state index in [4.69, 9.17) is 0 Å². The van der Waals surface area contributed by atoms with Crippen LogP contribution < -0.4 is 5.30 Å². The van der Waals surface area contributed by atoms with Crippen LogP contribution in [0, 0.1) is 41.5 Å². The van der Waals surface area contributed by atoms with E-state index in [-0.39, 0.29) is 0 Å². The molecule has 0 aromatic heterocycles. The van der Waals surface area contributed by atoms with Crippen molar-refractivity contribution in [2.24, 2.45) is 0 Å². The molecule has 0 spiro atoms. The molecule has 2 heteroatoms. The molecule has 3 aromatic rings. The van der Waals surface area contributed by atoms with Crippen molar-refractivity contribution < 1.29 is 4.57 Å². The highest BCUT2D eigenvalue weighted by Crippen LogP contribution is 2.26. The zero-order valence-electron chi connectivity index (χ0n) is 17.9. The highest BCUT2D eigenvalue weighted by Gasteiger charge is 2.18. The summed E-state index contributed by atoms with van der Waals surface area (Å²) in [7, 11) is -0.429. The lowest BCUT2D eigenvalue weighted by molar-refractivity contribution is 0.603. The van der Waals surface area contributed by atoms with Crippen LogP contribution in [-0.4, -0.2) is 0 Å². The fourth-order valence-corrected chi connectivity index (χ4v) is 4.99. The van der Waals surface area contributed by atoms with Gasteiger partial charge in [-0.2, -0.15) is 0 Å². The highest BCUT2D eigenvalue weighted by molar-refractivity contribution is 7.34. The van der Waals surface area contributed by atoms with Gasteiger partial charge in [-0.05, 0) is 93.0 Å². The third kappa shape index (κ3) is 4.26. The average molecular weight is 389 g/mol. The van der Waals surface area contributed by atoms with Gasteiger partial charge in [0.15, 0.2) is 5.30 Å². The average Bonchev–Trinajstić information content (AvgIpc) is 2.61. The van der Waals surface area contributed by atoms with E-state index in [0.29, 0.717) is 0 Å². The molecule has 0 aliphatic carbocycles. The molecule has 28 heavy (non-hydrogen) atoms. The molecule has 1 nitrogen and oxygen atoms in total. The molecule has 0 saturated carbocycles. The molecule has 1 unspecified atom stereocenters. The Bertz CT molecular complexity index is 1000. The minimum absolute atomic E-state index is 0.429. The quantitative estimate of drug-likeness (QED) is 0.464. The lowest BCUT2D eigenvalue weighted by Crippen LogP contribution is -2.11. The van der Waals surface area contributed by atoms with Gasteiger partial charge in [0.05, 0.1) is 0 Å². The maximum absolute atomic E-state index is 12.0. The van der Waals surface area contributed by atoms with Crippen LogP contribution in [0.4, 0.5) is 0 Å². The third-order valence-corrected chi connectivity index (χ3v) is 6.47. The van der Waals surface area contributed by atoms with E-state index in [0.717, 1.165) is 18.1 Å². The van der Waals surface area contributed by atoms with E-state index in [2.05, 4.69) is 71.9 Å². The van der Waals surface area contributed by atoms with Crippen LogP contribution in [0.3, 0.4) is 0 Å². The largest absolute Gasteiger partial charge is 0.363 e. The number of aryl methyl sites for hydroxylation is 6. The maximum Gasteiger partial charge on any atom is 0.363 e. The normalized spacial score (nSPS) is 11.2. The van der Waals surface area contributed by atoms with Gasteiger partial charge in [0.25, 0.3) is 0 Å². The Hall–Kier alpha value is -2.24. The van der Waals surface area contributed by atoms with Gasteiger partial charge in [-0.1, -0.05) is 52.1 Å². The van der Waals surface area contributed by atoms with Crippen LogP contribution in [0.1, 0.15) is 55.6 Å². The Kier molecular flexibility index (Phi) is 6.16. The minimum Gasteiger partial charge on any atom is -0.0707 e. The van der Waals surface area contributed by atoms with Crippen molar-refractivity contribution in [1.82, 2.24) is 0 Å². The third-order valence-electron chi connectivity index (χ3n) is 5.78. The molecule has 0 heterocycles. The van der Waals surface area contributed by atoms with Gasteiger partial charge < -0.3 is 0 Å². The monoisotopic (exact) mass is 389 g/mol. The van der Waals surface area contributed by atoms with Crippen LogP contribution in [0.5, 0.6) is 0 Å². The Morgan fingerprint density at radius 3 is 1.57 bits per heavy atom. The van der Waals surface area contributed by atoms with E-state index < -0.39 is 8.46 Å². The second kappa shape index (κ2) is 8.41. The summed E-state index contributed by atoms with van der Waals surface area (Å²) in [5.41, 5.74) is 13.2. The first-order valence-corrected chi connectivity index (χ1v) is 10.8. The van der Waals surface area contributed by atoms with Crippen LogP contribution in [-0.2, 0) is 17.4 Å². The summed E-state index contributed by atoms with van der Waals surface area (Å²) in [6.07, 6.45) is 1.72. The molecule has 0 N–H and O–H groups in total. The van der Waals surface area contributed by atoms with Gasteiger partial charge >= 0.3 is 8.46 Å². The fourth-order valence-electron chi connectivity index (χ4n) is 4.45. The molecule has 0 aliphatic heterocycles. The van der Waals surface area contributed by atoms with Gasteiger partial charge in [-0.25, -0.2) is 0 Å². The van der Waals surface area contributed by atoms with E-state index >= 15 is 0 Å². The molecule has 144 valence electrons. The van der Waals surface area contributed by atoms with E-state index in [1.807, 2.05) is 12.1 Å². The van der Waals surface area contributed by atoms with Gasteiger partial charge in [-0.15, -0.1) is 0 Å². The van der Waals surface area contributed by atoms with E-state index in [9.17, 15) is 4.57 Å². The second-order valence-electron chi connectivity index (χ2n) is 8.15. The highest BCUT2D eigenvalue weighted by atomic mass is 31.1. The van der Waals surface area contributed by atoms with Crippen LogP contribution in [0.2, 0.25) is 0 Å². The van der Waals surface area contributed by atoms with Gasteiger partial charge in [0, 0.05) is 12.0 Å². The Morgan fingerprint density at radius 1 is 0.643 bits per heavy atom. The van der Waals surface area contributed by atoms with Gasteiger partial charge in [-0.3, -0.25) is 0 Å². The van der Waals surface area contributed by atoms with E-state index in [1.54, 1.807) is 0 Å². The second-order valence-corrected chi connectivity index (χ2v) is 8.90. The molecule has 0 fully saturated rings. The lowest BCUT2D eigenvalue weighted by Gasteiger charge is -2.16. The van der Waals surface area contributed by atoms with Gasteiger partial charge in [0.2, 0.25) is 0 Å². The summed E-state index contributed by atoms with van der Waals surface area (Å²) in [6.45, 7) is 13.1. The predicted molar refractivity (Wildman–Crippen MR) is 122 cm³/mol. The predicted octanol–water partition coefficient (Wildman–Crippen LogP) is 6.37. The number of rotatable bonds is 5. The molecule has 0 saturated heterocycles. The van der Waals surface area contributed by atoms with Crippen LogP contribution >= 0.6 is 8.46 Å². The molecule has 0 amide bonds. The summed E-state index contributed by atoms with van der Waals surface area (Å²) in [5.74, 6) is 0. The number of hydrogen-bond donors (Lipinski definition) is 0. The zero-order valence-corrected chi connectivity index (χ0v) is 18.9. The Morgan fingerprint density at radius 2 is 1.11 bits per heavy atom. The number of benzene rings is 3. The van der Waals surface area contributed by atoms with Crippen LogP contribution in [0.15, 0.2) is 42.5 Å². The van der Waals surface area contributed by atoms with Crippen molar-refractivity contribution in [3.63, 3.8) is 0 Å². The SMILES string of the molecule is Cc1cc(C)c(Cc2cccc([PH+]=O)c2Cc2c(C)cc(C)cc2C)c(C)c1. The van der Waals surface area contributed by atoms with Crippen molar-refractivity contribution in [2.45, 2.75) is 54.4 Å². The first-order valence-electron chi connectivity index (χ1n) is 9.92. The Labute approximate surface area is 171 Å². The fraction of sp³-hybridized carbons (Fsp3) is 0.308. The maximum atomic E-state index is 12.0.